The molecular weight excluding hydrogens is 172 g/mol. The van der Waals surface area contributed by atoms with Gasteiger partial charge in [0.05, 0.1) is 0 Å². The average molecular weight is 190 g/mol. The SMILES string of the molecule is O=CCC12CC3CC4(C1)CC(C3)(C2)C4. The summed E-state index contributed by atoms with van der Waals surface area (Å²) in [7, 11) is 0. The molecule has 4 bridgehead atoms. The molecule has 7 rings (SSSR count). The molecule has 1 nitrogen and oxygen atoms in total. The van der Waals surface area contributed by atoms with E-state index in [9.17, 15) is 4.79 Å². The lowest BCUT2D eigenvalue weighted by atomic mass is 9.29. The first-order valence-corrected chi connectivity index (χ1v) is 6.11. The van der Waals surface area contributed by atoms with Crippen LogP contribution >= 0.6 is 0 Å². The number of hydrogen-bond donors (Lipinski definition) is 0. The Labute approximate surface area is 85.3 Å². The quantitative estimate of drug-likeness (QED) is 0.612. The van der Waals surface area contributed by atoms with Gasteiger partial charge in [-0.3, -0.25) is 0 Å². The molecule has 0 heterocycles. The first-order chi connectivity index (χ1) is 6.67. The van der Waals surface area contributed by atoms with Crippen molar-refractivity contribution in [2.45, 2.75) is 51.4 Å². The first-order valence-electron chi connectivity index (χ1n) is 6.11. The van der Waals surface area contributed by atoms with Gasteiger partial charge >= 0.3 is 0 Å². The van der Waals surface area contributed by atoms with E-state index in [1.54, 1.807) is 0 Å². The molecule has 0 aromatic heterocycles. The molecule has 0 aromatic carbocycles. The molecule has 0 radical (unpaired) electrons. The summed E-state index contributed by atoms with van der Waals surface area (Å²) in [6, 6.07) is 0. The van der Waals surface area contributed by atoms with Crippen LogP contribution in [-0.2, 0) is 4.79 Å². The Morgan fingerprint density at radius 2 is 1.64 bits per heavy atom. The van der Waals surface area contributed by atoms with Crippen molar-refractivity contribution in [3.63, 3.8) is 0 Å². The minimum atomic E-state index is 0.486. The van der Waals surface area contributed by atoms with Crippen molar-refractivity contribution >= 4 is 6.29 Å². The summed E-state index contributed by atoms with van der Waals surface area (Å²) in [6.07, 6.45) is 12.3. The molecular formula is C13H18O. The zero-order valence-electron chi connectivity index (χ0n) is 8.72. The monoisotopic (exact) mass is 190 g/mol. The molecule has 2 spiro atoms. The molecule has 14 heavy (non-hydrogen) atoms. The maximum atomic E-state index is 10.8. The molecule has 0 unspecified atom stereocenters. The number of carbonyl (C=O) groups is 1. The second-order valence-corrected chi connectivity index (χ2v) is 7.06. The second-order valence-electron chi connectivity index (χ2n) is 7.06. The predicted octanol–water partition coefficient (Wildman–Crippen LogP) is 2.94. The molecule has 0 saturated heterocycles. The van der Waals surface area contributed by atoms with E-state index in [0.717, 1.165) is 23.2 Å². The Balaban J connectivity index is 1.76. The van der Waals surface area contributed by atoms with Gasteiger partial charge in [0.1, 0.15) is 6.29 Å². The fourth-order valence-corrected chi connectivity index (χ4v) is 6.48. The summed E-state index contributed by atoms with van der Waals surface area (Å²) in [6.45, 7) is 0. The van der Waals surface area contributed by atoms with Crippen LogP contribution in [-0.4, -0.2) is 6.29 Å². The summed E-state index contributed by atoms with van der Waals surface area (Å²) >= 11 is 0. The minimum Gasteiger partial charge on any atom is -0.303 e. The third-order valence-electron chi connectivity index (χ3n) is 5.68. The van der Waals surface area contributed by atoms with Gasteiger partial charge in [-0.05, 0) is 67.1 Å². The van der Waals surface area contributed by atoms with Crippen molar-refractivity contribution in [2.75, 3.05) is 0 Å². The van der Waals surface area contributed by atoms with Crippen LogP contribution < -0.4 is 0 Å². The number of aldehydes is 1. The summed E-state index contributed by atoms with van der Waals surface area (Å²) in [5.41, 5.74) is 1.96. The van der Waals surface area contributed by atoms with Crippen molar-refractivity contribution in [2.24, 2.45) is 22.2 Å². The van der Waals surface area contributed by atoms with E-state index in [1.807, 2.05) is 0 Å². The second kappa shape index (κ2) is 1.96. The minimum absolute atomic E-state index is 0.486. The predicted molar refractivity (Wildman–Crippen MR) is 53.8 cm³/mol. The molecule has 7 aliphatic rings. The van der Waals surface area contributed by atoms with Crippen LogP contribution in [0.25, 0.3) is 0 Å². The van der Waals surface area contributed by atoms with Crippen LogP contribution in [0.4, 0.5) is 0 Å². The number of rotatable bonds is 2. The summed E-state index contributed by atoms with van der Waals surface area (Å²) in [5, 5.41) is 0. The van der Waals surface area contributed by atoms with Crippen molar-refractivity contribution in [3.8, 4) is 0 Å². The van der Waals surface area contributed by atoms with Gasteiger partial charge in [-0.15, -0.1) is 0 Å². The highest BCUT2D eigenvalue weighted by Crippen LogP contribution is 2.81. The van der Waals surface area contributed by atoms with E-state index < -0.39 is 0 Å². The molecule has 0 aliphatic heterocycles. The molecule has 0 atom stereocenters. The van der Waals surface area contributed by atoms with Gasteiger partial charge in [-0.2, -0.15) is 0 Å². The van der Waals surface area contributed by atoms with E-state index in [-0.39, 0.29) is 0 Å². The largest absolute Gasteiger partial charge is 0.303 e. The van der Waals surface area contributed by atoms with Gasteiger partial charge in [0, 0.05) is 6.42 Å². The topological polar surface area (TPSA) is 17.1 Å². The number of carbonyl (C=O) groups excluding carboxylic acids is 1. The third kappa shape index (κ3) is 0.730. The first kappa shape index (κ1) is 7.90. The Bertz CT molecular complexity index is 280. The molecule has 7 saturated carbocycles. The van der Waals surface area contributed by atoms with Gasteiger partial charge in [0.2, 0.25) is 0 Å². The lowest BCUT2D eigenvalue weighted by molar-refractivity contribution is -0.256. The van der Waals surface area contributed by atoms with Gasteiger partial charge in [0.15, 0.2) is 0 Å². The summed E-state index contributed by atoms with van der Waals surface area (Å²) in [5.74, 6) is 1.000. The Kier molecular flexibility index (Phi) is 1.11. The Hall–Kier alpha value is -0.330. The van der Waals surface area contributed by atoms with Crippen molar-refractivity contribution in [3.05, 3.63) is 0 Å². The summed E-state index contributed by atoms with van der Waals surface area (Å²) in [4.78, 5) is 10.8. The van der Waals surface area contributed by atoms with E-state index in [4.69, 9.17) is 0 Å². The van der Waals surface area contributed by atoms with E-state index >= 15 is 0 Å². The molecule has 0 N–H and O–H groups in total. The standard InChI is InChI=1S/C13H18O/c14-2-1-11-3-10-4-12(6-11)8-13(5-10,7-11)9-12/h2,10H,1,3-9H2. The van der Waals surface area contributed by atoms with Gasteiger partial charge in [-0.1, -0.05) is 0 Å². The Morgan fingerprint density at radius 3 is 2.14 bits per heavy atom. The van der Waals surface area contributed by atoms with Gasteiger partial charge in [0.25, 0.3) is 0 Å². The van der Waals surface area contributed by atoms with Crippen LogP contribution in [0, 0.1) is 22.2 Å². The molecule has 0 aromatic rings. The summed E-state index contributed by atoms with van der Waals surface area (Å²) < 4.78 is 0. The molecule has 0 amide bonds. The number of hydrogen-bond acceptors (Lipinski definition) is 1. The molecule has 76 valence electrons. The maximum Gasteiger partial charge on any atom is 0.120 e. The fourth-order valence-electron chi connectivity index (χ4n) is 6.48. The van der Waals surface area contributed by atoms with Crippen LogP contribution in [0.15, 0.2) is 0 Å². The molecule has 1 heteroatoms. The zero-order chi connectivity index (χ0) is 9.44. The van der Waals surface area contributed by atoms with E-state index in [2.05, 4.69) is 0 Å². The highest BCUT2D eigenvalue weighted by atomic mass is 16.1. The lowest BCUT2D eigenvalue weighted by Gasteiger charge is -2.76. The van der Waals surface area contributed by atoms with Crippen molar-refractivity contribution in [1.29, 1.82) is 0 Å². The smallest absolute Gasteiger partial charge is 0.120 e. The average Bonchev–Trinajstić information content (AvgIpc) is 1.96. The van der Waals surface area contributed by atoms with Crippen LogP contribution in [0.3, 0.4) is 0 Å². The third-order valence-corrected chi connectivity index (χ3v) is 5.68. The lowest BCUT2D eigenvalue weighted by Crippen LogP contribution is -2.66. The highest BCUT2D eigenvalue weighted by Gasteiger charge is 2.70. The van der Waals surface area contributed by atoms with E-state index in [0.29, 0.717) is 5.41 Å². The van der Waals surface area contributed by atoms with E-state index in [1.165, 1.54) is 51.2 Å². The van der Waals surface area contributed by atoms with Crippen LogP contribution in [0.1, 0.15) is 51.4 Å². The van der Waals surface area contributed by atoms with Crippen LogP contribution in [0.5, 0.6) is 0 Å². The maximum absolute atomic E-state index is 10.8. The van der Waals surface area contributed by atoms with Gasteiger partial charge < -0.3 is 4.79 Å². The highest BCUT2D eigenvalue weighted by molar-refractivity contribution is 5.51. The van der Waals surface area contributed by atoms with Crippen molar-refractivity contribution < 1.29 is 4.79 Å². The van der Waals surface area contributed by atoms with Crippen molar-refractivity contribution in [1.82, 2.24) is 0 Å². The zero-order valence-corrected chi connectivity index (χ0v) is 8.72. The molecule has 7 aliphatic carbocycles. The van der Waals surface area contributed by atoms with Crippen LogP contribution in [0.2, 0.25) is 0 Å². The van der Waals surface area contributed by atoms with Gasteiger partial charge in [-0.25, -0.2) is 0 Å². The molecule has 7 fully saturated rings. The fraction of sp³-hybridized carbons (Fsp3) is 0.923. The Morgan fingerprint density at radius 1 is 1.00 bits per heavy atom. The normalized spacial score (nSPS) is 62.4.